The summed E-state index contributed by atoms with van der Waals surface area (Å²) in [5.41, 5.74) is 0.997. The molecule has 2 heterocycles. The first-order valence-electron chi connectivity index (χ1n) is 9.22. The molecule has 31 heavy (non-hydrogen) atoms. The first kappa shape index (κ1) is 21.3. The summed E-state index contributed by atoms with van der Waals surface area (Å²) in [7, 11) is 0. The van der Waals surface area contributed by atoms with E-state index in [0.29, 0.717) is 33.1 Å². The largest absolute Gasteiger partial charge is 0.486 e. The van der Waals surface area contributed by atoms with Gasteiger partial charge in [0.25, 0.3) is 5.91 Å². The topological polar surface area (TPSA) is 69.3 Å². The molecule has 0 aliphatic heterocycles. The van der Waals surface area contributed by atoms with E-state index in [1.54, 1.807) is 59.4 Å². The van der Waals surface area contributed by atoms with Gasteiger partial charge in [0.15, 0.2) is 11.6 Å². The van der Waals surface area contributed by atoms with Crippen LogP contribution in [0.15, 0.2) is 71.3 Å². The van der Waals surface area contributed by atoms with E-state index >= 15 is 0 Å². The minimum atomic E-state index is -0.465. The van der Waals surface area contributed by atoms with Crippen molar-refractivity contribution in [1.82, 2.24) is 9.78 Å². The molecule has 1 N–H and O–H groups in total. The number of hydrogen-bond donors (Lipinski definition) is 1. The van der Waals surface area contributed by atoms with Gasteiger partial charge in [-0.15, -0.1) is 0 Å². The van der Waals surface area contributed by atoms with Gasteiger partial charge in [-0.2, -0.15) is 5.10 Å². The van der Waals surface area contributed by atoms with Gasteiger partial charge in [-0.3, -0.25) is 9.48 Å². The molecule has 0 spiro atoms. The van der Waals surface area contributed by atoms with Gasteiger partial charge in [0, 0.05) is 16.2 Å². The Morgan fingerprint density at radius 2 is 1.84 bits per heavy atom. The maximum Gasteiger partial charge on any atom is 0.292 e. The summed E-state index contributed by atoms with van der Waals surface area (Å²) < 4.78 is 12.8. The predicted octanol–water partition coefficient (Wildman–Crippen LogP) is 6.32. The van der Waals surface area contributed by atoms with Gasteiger partial charge in [-0.05, 0) is 48.0 Å². The minimum Gasteiger partial charge on any atom is -0.486 e. The summed E-state index contributed by atoms with van der Waals surface area (Å²) in [4.78, 5) is 12.5. The fraction of sp³-hybridized carbons (Fsp3) is 0.0909. The SMILES string of the molecule is O=C(Nc1nn(Cc2ccc(Cl)cc2)cc1Cl)c1ccc(COc2cccc(Cl)c2)o1. The second-order valence-corrected chi connectivity index (χ2v) is 7.90. The van der Waals surface area contributed by atoms with Gasteiger partial charge in [0.1, 0.15) is 23.1 Å². The highest BCUT2D eigenvalue weighted by atomic mass is 35.5. The van der Waals surface area contributed by atoms with Crippen LogP contribution < -0.4 is 10.1 Å². The zero-order chi connectivity index (χ0) is 21.8. The lowest BCUT2D eigenvalue weighted by Crippen LogP contribution is -2.12. The Balaban J connectivity index is 1.37. The van der Waals surface area contributed by atoms with E-state index in [1.807, 2.05) is 12.1 Å². The second-order valence-electron chi connectivity index (χ2n) is 6.62. The molecule has 0 aliphatic rings. The van der Waals surface area contributed by atoms with Crippen LogP contribution in [0.1, 0.15) is 21.9 Å². The van der Waals surface area contributed by atoms with E-state index in [0.717, 1.165) is 5.56 Å². The number of ether oxygens (including phenoxy) is 1. The molecular formula is C22H16Cl3N3O3. The van der Waals surface area contributed by atoms with Crippen molar-refractivity contribution >= 4 is 46.5 Å². The Morgan fingerprint density at radius 1 is 1.03 bits per heavy atom. The van der Waals surface area contributed by atoms with Crippen molar-refractivity contribution in [2.24, 2.45) is 0 Å². The summed E-state index contributed by atoms with van der Waals surface area (Å²) in [6, 6.07) is 17.6. The van der Waals surface area contributed by atoms with Crippen LogP contribution in [0.4, 0.5) is 5.82 Å². The van der Waals surface area contributed by atoms with E-state index in [9.17, 15) is 4.79 Å². The summed E-state index contributed by atoms with van der Waals surface area (Å²) in [5.74, 6) is 0.992. The molecule has 0 bridgehead atoms. The summed E-state index contributed by atoms with van der Waals surface area (Å²) in [5, 5.41) is 8.54. The van der Waals surface area contributed by atoms with Gasteiger partial charge in [-0.25, -0.2) is 0 Å². The number of rotatable bonds is 7. The van der Waals surface area contributed by atoms with Crippen molar-refractivity contribution < 1.29 is 13.9 Å². The lowest BCUT2D eigenvalue weighted by Gasteiger charge is -2.04. The van der Waals surface area contributed by atoms with Gasteiger partial charge >= 0.3 is 0 Å². The highest BCUT2D eigenvalue weighted by molar-refractivity contribution is 6.33. The van der Waals surface area contributed by atoms with E-state index in [2.05, 4.69) is 10.4 Å². The number of nitrogens with one attached hydrogen (secondary N) is 1. The van der Waals surface area contributed by atoms with Crippen LogP contribution in [-0.4, -0.2) is 15.7 Å². The van der Waals surface area contributed by atoms with Crippen LogP contribution >= 0.6 is 34.8 Å². The number of benzene rings is 2. The third kappa shape index (κ3) is 5.61. The molecule has 0 atom stereocenters. The highest BCUT2D eigenvalue weighted by Gasteiger charge is 2.16. The maximum absolute atomic E-state index is 12.5. The molecule has 0 unspecified atom stereocenters. The normalized spacial score (nSPS) is 10.8. The maximum atomic E-state index is 12.5. The van der Waals surface area contributed by atoms with E-state index in [1.165, 1.54) is 0 Å². The van der Waals surface area contributed by atoms with Gasteiger partial charge in [0.05, 0.1) is 6.54 Å². The monoisotopic (exact) mass is 475 g/mol. The first-order valence-corrected chi connectivity index (χ1v) is 10.4. The molecule has 0 radical (unpaired) electrons. The van der Waals surface area contributed by atoms with Gasteiger partial charge in [0.2, 0.25) is 0 Å². The molecule has 0 saturated heterocycles. The third-order valence-electron chi connectivity index (χ3n) is 4.27. The van der Waals surface area contributed by atoms with Gasteiger partial charge in [-0.1, -0.05) is 53.0 Å². The van der Waals surface area contributed by atoms with Crippen LogP contribution in [0.5, 0.6) is 5.75 Å². The van der Waals surface area contributed by atoms with Gasteiger partial charge < -0.3 is 14.5 Å². The van der Waals surface area contributed by atoms with Crippen molar-refractivity contribution in [3.63, 3.8) is 0 Å². The average molecular weight is 477 g/mol. The molecule has 2 aromatic carbocycles. The van der Waals surface area contributed by atoms with Crippen molar-refractivity contribution in [2.75, 3.05) is 5.32 Å². The Morgan fingerprint density at radius 3 is 2.61 bits per heavy atom. The Hall–Kier alpha value is -2.93. The molecule has 4 aromatic rings. The van der Waals surface area contributed by atoms with E-state index in [4.69, 9.17) is 44.0 Å². The number of amides is 1. The number of furan rings is 1. The molecule has 4 rings (SSSR count). The van der Waals surface area contributed by atoms with Crippen molar-refractivity contribution in [2.45, 2.75) is 13.2 Å². The third-order valence-corrected chi connectivity index (χ3v) is 5.03. The molecular weight excluding hydrogens is 461 g/mol. The van der Waals surface area contributed by atoms with E-state index in [-0.39, 0.29) is 18.2 Å². The highest BCUT2D eigenvalue weighted by Crippen LogP contribution is 2.22. The molecule has 6 nitrogen and oxygen atoms in total. The number of nitrogens with zero attached hydrogens (tertiary/aromatic N) is 2. The summed E-state index contributed by atoms with van der Waals surface area (Å²) >= 11 is 18.1. The Bertz CT molecular complexity index is 1200. The van der Waals surface area contributed by atoms with Crippen LogP contribution in [0.25, 0.3) is 0 Å². The van der Waals surface area contributed by atoms with Crippen LogP contribution in [0.3, 0.4) is 0 Å². The number of halogens is 3. The molecule has 1 amide bonds. The summed E-state index contributed by atoms with van der Waals surface area (Å²) in [6.07, 6.45) is 1.64. The Kier molecular flexibility index (Phi) is 6.51. The number of aromatic nitrogens is 2. The standard InChI is InChI=1S/C22H16Cl3N3O3/c23-15-6-4-14(5-7-15)11-28-12-19(25)21(27-28)26-22(29)20-9-8-18(31-20)13-30-17-3-1-2-16(24)10-17/h1-10,12H,11,13H2,(H,26,27,29). The molecule has 0 saturated carbocycles. The zero-order valence-electron chi connectivity index (χ0n) is 16.0. The fourth-order valence-electron chi connectivity index (χ4n) is 2.80. The molecule has 0 aliphatic carbocycles. The first-order chi connectivity index (χ1) is 15.0. The predicted molar refractivity (Wildman–Crippen MR) is 120 cm³/mol. The van der Waals surface area contributed by atoms with Crippen LogP contribution in [-0.2, 0) is 13.2 Å². The number of hydrogen-bond acceptors (Lipinski definition) is 4. The molecule has 9 heteroatoms. The summed E-state index contributed by atoms with van der Waals surface area (Å²) in [6.45, 7) is 0.641. The van der Waals surface area contributed by atoms with Crippen LogP contribution in [0, 0.1) is 0 Å². The fourth-order valence-corrected chi connectivity index (χ4v) is 3.30. The Labute approximate surface area is 193 Å². The smallest absolute Gasteiger partial charge is 0.292 e. The zero-order valence-corrected chi connectivity index (χ0v) is 18.3. The van der Waals surface area contributed by atoms with Crippen molar-refractivity contribution in [1.29, 1.82) is 0 Å². The average Bonchev–Trinajstić information content (AvgIpc) is 3.35. The number of anilines is 1. The van der Waals surface area contributed by atoms with Crippen molar-refractivity contribution in [3.8, 4) is 5.75 Å². The quantitative estimate of drug-likeness (QED) is 0.339. The number of carbonyl (C=O) groups excluding carboxylic acids is 1. The lowest BCUT2D eigenvalue weighted by atomic mass is 10.2. The van der Waals surface area contributed by atoms with Crippen molar-refractivity contribution in [3.05, 3.63) is 99.0 Å². The minimum absolute atomic E-state index is 0.119. The lowest BCUT2D eigenvalue weighted by molar-refractivity contribution is 0.0992. The molecule has 0 fully saturated rings. The molecule has 158 valence electrons. The van der Waals surface area contributed by atoms with Crippen LogP contribution in [0.2, 0.25) is 15.1 Å². The molecule has 2 aromatic heterocycles. The van der Waals surface area contributed by atoms with E-state index < -0.39 is 5.91 Å². The number of carbonyl (C=O) groups is 1. The second kappa shape index (κ2) is 9.47.